The van der Waals surface area contributed by atoms with E-state index in [-0.39, 0.29) is 17.4 Å². The Kier molecular flexibility index (Phi) is 4.52. The van der Waals surface area contributed by atoms with Gasteiger partial charge in [0.05, 0.1) is 17.3 Å². The van der Waals surface area contributed by atoms with Crippen LogP contribution in [0.25, 0.3) is 0 Å². The van der Waals surface area contributed by atoms with Crippen molar-refractivity contribution in [3.63, 3.8) is 0 Å². The van der Waals surface area contributed by atoms with Crippen LogP contribution >= 0.6 is 0 Å². The molecule has 1 heterocycles. The molecule has 0 aliphatic carbocycles. The molecule has 0 bridgehead atoms. The van der Waals surface area contributed by atoms with E-state index in [4.69, 9.17) is 0 Å². The van der Waals surface area contributed by atoms with Crippen molar-refractivity contribution in [3.05, 3.63) is 59.2 Å². The van der Waals surface area contributed by atoms with Crippen molar-refractivity contribution in [2.24, 2.45) is 0 Å². The highest BCUT2D eigenvalue weighted by atomic mass is 19.1. The van der Waals surface area contributed by atoms with Gasteiger partial charge in [-0.3, -0.25) is 9.78 Å². The van der Waals surface area contributed by atoms with Crippen LogP contribution in [0.15, 0.2) is 36.5 Å². The maximum Gasteiger partial charge on any atom is 0.254 e. The van der Waals surface area contributed by atoms with Gasteiger partial charge in [-0.05, 0) is 43.2 Å². The third-order valence-electron chi connectivity index (χ3n) is 3.20. The lowest BCUT2D eigenvalue weighted by atomic mass is 10.1. The summed E-state index contributed by atoms with van der Waals surface area (Å²) in [6.07, 6.45) is 2.32. The average molecular weight is 288 g/mol. The van der Waals surface area contributed by atoms with Gasteiger partial charge >= 0.3 is 0 Å². The first-order valence-electron chi connectivity index (χ1n) is 6.73. The molecule has 1 aromatic heterocycles. The number of hydrogen-bond acceptors (Lipinski definition) is 3. The number of phenols is 1. The molecule has 110 valence electrons. The Morgan fingerprint density at radius 2 is 2.14 bits per heavy atom. The summed E-state index contributed by atoms with van der Waals surface area (Å²) in [5, 5.41) is 11.9. The Hall–Kier alpha value is -2.43. The number of halogens is 1. The molecule has 0 saturated heterocycles. The number of hydrogen-bond donors (Lipinski definition) is 2. The molecule has 0 aliphatic rings. The zero-order chi connectivity index (χ0) is 15.4. The van der Waals surface area contributed by atoms with E-state index in [0.29, 0.717) is 6.42 Å². The first-order chi connectivity index (χ1) is 10.0. The Morgan fingerprint density at radius 3 is 2.76 bits per heavy atom. The van der Waals surface area contributed by atoms with Crippen molar-refractivity contribution in [1.82, 2.24) is 10.3 Å². The summed E-state index contributed by atoms with van der Waals surface area (Å²) in [6, 6.07) is 6.94. The zero-order valence-corrected chi connectivity index (χ0v) is 11.9. The molecule has 2 rings (SSSR count). The number of pyridine rings is 1. The van der Waals surface area contributed by atoms with E-state index in [0.717, 1.165) is 17.3 Å². The van der Waals surface area contributed by atoms with Gasteiger partial charge in [0.15, 0.2) is 0 Å². The van der Waals surface area contributed by atoms with Gasteiger partial charge in [0.25, 0.3) is 5.91 Å². The fourth-order valence-electron chi connectivity index (χ4n) is 2.06. The summed E-state index contributed by atoms with van der Waals surface area (Å²) in [5.74, 6) is -1.49. The van der Waals surface area contributed by atoms with Crippen LogP contribution in [0.4, 0.5) is 4.39 Å². The van der Waals surface area contributed by atoms with Crippen LogP contribution in [0, 0.1) is 12.7 Å². The standard InChI is InChI=1S/C16H17FN2O2/c1-3-14(15-8-10(2)6-7-18-15)19-16(21)12-5-4-11(20)9-13(12)17/h4-9,14,20H,3H2,1-2H3,(H,19,21). The van der Waals surface area contributed by atoms with Crippen LogP contribution in [0.2, 0.25) is 0 Å². The first-order valence-corrected chi connectivity index (χ1v) is 6.73. The second-order valence-electron chi connectivity index (χ2n) is 4.86. The molecule has 0 fully saturated rings. The molecule has 4 nitrogen and oxygen atoms in total. The average Bonchev–Trinajstić information content (AvgIpc) is 2.44. The number of nitrogens with one attached hydrogen (secondary N) is 1. The van der Waals surface area contributed by atoms with Crippen molar-refractivity contribution in [3.8, 4) is 5.75 Å². The van der Waals surface area contributed by atoms with Gasteiger partial charge in [-0.1, -0.05) is 6.92 Å². The van der Waals surface area contributed by atoms with Crippen LogP contribution in [-0.2, 0) is 0 Å². The number of aryl methyl sites for hydroxylation is 1. The summed E-state index contributed by atoms with van der Waals surface area (Å²) < 4.78 is 13.7. The quantitative estimate of drug-likeness (QED) is 0.908. The number of amides is 1. The van der Waals surface area contributed by atoms with E-state index in [1.807, 2.05) is 26.0 Å². The maximum atomic E-state index is 13.7. The lowest BCUT2D eigenvalue weighted by molar-refractivity contribution is 0.0930. The third kappa shape index (κ3) is 3.56. The van der Waals surface area contributed by atoms with Gasteiger partial charge < -0.3 is 10.4 Å². The van der Waals surface area contributed by atoms with Crippen molar-refractivity contribution in [2.45, 2.75) is 26.3 Å². The molecule has 2 N–H and O–H groups in total. The van der Waals surface area contributed by atoms with Crippen molar-refractivity contribution in [2.75, 3.05) is 0 Å². The van der Waals surface area contributed by atoms with E-state index in [1.54, 1.807) is 6.20 Å². The smallest absolute Gasteiger partial charge is 0.254 e. The number of nitrogens with zero attached hydrogens (tertiary/aromatic N) is 1. The highest BCUT2D eigenvalue weighted by molar-refractivity contribution is 5.94. The summed E-state index contributed by atoms with van der Waals surface area (Å²) in [7, 11) is 0. The molecule has 0 saturated carbocycles. The zero-order valence-electron chi connectivity index (χ0n) is 11.9. The van der Waals surface area contributed by atoms with Crippen LogP contribution in [0.5, 0.6) is 5.75 Å². The molecule has 5 heteroatoms. The predicted molar refractivity (Wildman–Crippen MR) is 77.5 cm³/mol. The SMILES string of the molecule is CCC(NC(=O)c1ccc(O)cc1F)c1cc(C)ccn1. The Balaban J connectivity index is 2.20. The van der Waals surface area contributed by atoms with E-state index in [9.17, 15) is 14.3 Å². The van der Waals surface area contributed by atoms with Gasteiger partial charge in [0.2, 0.25) is 0 Å². The highest BCUT2D eigenvalue weighted by Gasteiger charge is 2.18. The number of aromatic hydroxyl groups is 1. The Labute approximate surface area is 122 Å². The summed E-state index contributed by atoms with van der Waals surface area (Å²) in [4.78, 5) is 16.4. The molecule has 21 heavy (non-hydrogen) atoms. The fraction of sp³-hybridized carbons (Fsp3) is 0.250. The number of carbonyl (C=O) groups excluding carboxylic acids is 1. The molecule has 1 unspecified atom stereocenters. The van der Waals surface area contributed by atoms with E-state index in [2.05, 4.69) is 10.3 Å². The second kappa shape index (κ2) is 6.35. The number of rotatable bonds is 4. The maximum absolute atomic E-state index is 13.7. The van der Waals surface area contributed by atoms with Gasteiger partial charge in [0.1, 0.15) is 11.6 Å². The monoisotopic (exact) mass is 288 g/mol. The topological polar surface area (TPSA) is 62.2 Å². The molecule has 0 aliphatic heterocycles. The molecule has 0 radical (unpaired) electrons. The third-order valence-corrected chi connectivity index (χ3v) is 3.20. The lowest BCUT2D eigenvalue weighted by Gasteiger charge is -2.17. The van der Waals surface area contributed by atoms with Crippen molar-refractivity contribution >= 4 is 5.91 Å². The minimum absolute atomic E-state index is 0.0982. The first kappa shape index (κ1) is 15.0. The van der Waals surface area contributed by atoms with Gasteiger partial charge in [0, 0.05) is 12.3 Å². The normalized spacial score (nSPS) is 12.0. The minimum Gasteiger partial charge on any atom is -0.508 e. The van der Waals surface area contributed by atoms with E-state index in [1.165, 1.54) is 12.1 Å². The van der Waals surface area contributed by atoms with Crippen LogP contribution < -0.4 is 5.32 Å². The Morgan fingerprint density at radius 1 is 1.38 bits per heavy atom. The lowest BCUT2D eigenvalue weighted by Crippen LogP contribution is -2.29. The van der Waals surface area contributed by atoms with E-state index < -0.39 is 11.7 Å². The summed E-state index contributed by atoms with van der Waals surface area (Å²) >= 11 is 0. The number of phenolic OH excluding ortho intramolecular Hbond substituents is 1. The molecule has 1 amide bonds. The molecule has 2 aromatic rings. The highest BCUT2D eigenvalue weighted by Crippen LogP contribution is 2.19. The second-order valence-corrected chi connectivity index (χ2v) is 4.86. The van der Waals surface area contributed by atoms with Gasteiger partial charge in [-0.2, -0.15) is 0 Å². The van der Waals surface area contributed by atoms with Gasteiger partial charge in [-0.15, -0.1) is 0 Å². The number of aromatic nitrogens is 1. The summed E-state index contributed by atoms with van der Waals surface area (Å²) in [5.41, 5.74) is 1.69. The minimum atomic E-state index is -0.750. The number of benzene rings is 1. The fourth-order valence-corrected chi connectivity index (χ4v) is 2.06. The Bertz CT molecular complexity index is 658. The van der Waals surface area contributed by atoms with Crippen molar-refractivity contribution < 1.29 is 14.3 Å². The molecule has 1 aromatic carbocycles. The van der Waals surface area contributed by atoms with Crippen LogP contribution in [-0.4, -0.2) is 16.0 Å². The van der Waals surface area contributed by atoms with E-state index >= 15 is 0 Å². The molecular weight excluding hydrogens is 271 g/mol. The number of carbonyl (C=O) groups is 1. The van der Waals surface area contributed by atoms with Gasteiger partial charge in [-0.25, -0.2) is 4.39 Å². The van der Waals surface area contributed by atoms with Crippen LogP contribution in [0.3, 0.4) is 0 Å². The van der Waals surface area contributed by atoms with Crippen LogP contribution in [0.1, 0.15) is 41.0 Å². The predicted octanol–water partition coefficient (Wildman–Crippen LogP) is 3.12. The summed E-state index contributed by atoms with van der Waals surface area (Å²) in [6.45, 7) is 3.86. The van der Waals surface area contributed by atoms with Crippen molar-refractivity contribution in [1.29, 1.82) is 0 Å². The largest absolute Gasteiger partial charge is 0.508 e. The molecule has 1 atom stereocenters. The molecule has 0 spiro atoms. The molecular formula is C16H17FN2O2.